The number of aryl methyl sites for hydroxylation is 2. The smallest absolute Gasteiger partial charge is 0.0787 e. The summed E-state index contributed by atoms with van der Waals surface area (Å²) >= 11 is 0. The molecule has 0 fully saturated rings. The fraction of sp³-hybridized carbons (Fsp3) is 0.455. The molecule has 0 heterocycles. The van der Waals surface area contributed by atoms with Gasteiger partial charge in [-0.1, -0.05) is 19.1 Å². The van der Waals surface area contributed by atoms with Crippen LogP contribution >= 0.6 is 0 Å². The van der Waals surface area contributed by atoms with Crippen molar-refractivity contribution in [1.82, 2.24) is 0 Å². The van der Waals surface area contributed by atoms with Crippen LogP contribution in [-0.4, -0.2) is 5.11 Å². The van der Waals surface area contributed by atoms with Crippen molar-refractivity contribution in [2.75, 3.05) is 5.73 Å². The molecule has 0 unspecified atom stereocenters. The second kappa shape index (κ2) is 3.79. The van der Waals surface area contributed by atoms with Gasteiger partial charge in [-0.25, -0.2) is 0 Å². The van der Waals surface area contributed by atoms with E-state index >= 15 is 0 Å². The number of aliphatic hydroxyl groups is 1. The second-order valence-corrected chi connectivity index (χ2v) is 3.49. The minimum Gasteiger partial charge on any atom is -0.398 e. The van der Waals surface area contributed by atoms with Crippen molar-refractivity contribution in [1.29, 1.82) is 0 Å². The summed E-state index contributed by atoms with van der Waals surface area (Å²) in [4.78, 5) is 0. The monoisotopic (exact) mass is 179 g/mol. The lowest BCUT2D eigenvalue weighted by Crippen LogP contribution is -2.00. The van der Waals surface area contributed by atoms with Crippen molar-refractivity contribution in [3.05, 3.63) is 28.8 Å². The maximum atomic E-state index is 9.63. The molecule has 0 aliphatic rings. The van der Waals surface area contributed by atoms with Crippen LogP contribution in [0.15, 0.2) is 12.1 Å². The molecule has 2 nitrogen and oxygen atoms in total. The zero-order valence-corrected chi connectivity index (χ0v) is 8.46. The molecular weight excluding hydrogens is 162 g/mol. The van der Waals surface area contributed by atoms with E-state index in [0.717, 1.165) is 28.8 Å². The average molecular weight is 179 g/mol. The largest absolute Gasteiger partial charge is 0.398 e. The van der Waals surface area contributed by atoms with Crippen LogP contribution in [0.1, 0.15) is 36.1 Å². The highest BCUT2D eigenvalue weighted by molar-refractivity contribution is 5.54. The Morgan fingerprint density at radius 1 is 1.31 bits per heavy atom. The topological polar surface area (TPSA) is 46.2 Å². The first kappa shape index (κ1) is 10.1. The fourth-order valence-electron chi connectivity index (χ4n) is 1.44. The highest BCUT2D eigenvalue weighted by Gasteiger charge is 2.07. The van der Waals surface area contributed by atoms with E-state index in [0.29, 0.717) is 0 Å². The van der Waals surface area contributed by atoms with E-state index in [9.17, 15) is 5.11 Å². The molecule has 0 amide bonds. The van der Waals surface area contributed by atoms with Crippen LogP contribution in [0.2, 0.25) is 0 Å². The van der Waals surface area contributed by atoms with E-state index in [1.54, 1.807) is 0 Å². The average Bonchev–Trinajstić information content (AvgIpc) is 2.12. The number of nitrogen functional groups attached to an aromatic ring is 1. The van der Waals surface area contributed by atoms with Gasteiger partial charge in [-0.05, 0) is 37.0 Å². The molecule has 3 N–H and O–H groups in total. The molecule has 72 valence electrons. The lowest BCUT2D eigenvalue weighted by molar-refractivity contribution is 0.173. The molecule has 0 spiro atoms. The van der Waals surface area contributed by atoms with E-state index < -0.39 is 0 Å². The highest BCUT2D eigenvalue weighted by atomic mass is 16.3. The third-order valence-corrected chi connectivity index (χ3v) is 2.39. The van der Waals surface area contributed by atoms with Gasteiger partial charge in [0, 0.05) is 5.69 Å². The molecule has 1 rings (SSSR count). The Labute approximate surface area is 79.4 Å². The molecule has 0 bridgehead atoms. The van der Waals surface area contributed by atoms with Crippen LogP contribution in [0, 0.1) is 13.8 Å². The van der Waals surface area contributed by atoms with E-state index in [1.165, 1.54) is 0 Å². The van der Waals surface area contributed by atoms with Gasteiger partial charge < -0.3 is 10.8 Å². The molecule has 0 radical (unpaired) electrons. The normalized spacial score (nSPS) is 12.9. The SMILES string of the molecule is CC[C@@H](O)c1cc(C)c(N)c(C)c1. The summed E-state index contributed by atoms with van der Waals surface area (Å²) in [6, 6.07) is 3.91. The third-order valence-electron chi connectivity index (χ3n) is 2.39. The quantitative estimate of drug-likeness (QED) is 0.684. The number of nitrogens with two attached hydrogens (primary N) is 1. The third kappa shape index (κ3) is 2.01. The summed E-state index contributed by atoms with van der Waals surface area (Å²) in [5.74, 6) is 0. The van der Waals surface area contributed by atoms with Gasteiger partial charge in [-0.15, -0.1) is 0 Å². The first-order valence-electron chi connectivity index (χ1n) is 4.61. The number of anilines is 1. The molecule has 0 saturated carbocycles. The Hall–Kier alpha value is -1.02. The molecule has 0 saturated heterocycles. The van der Waals surface area contributed by atoms with Crippen molar-refractivity contribution in [3.8, 4) is 0 Å². The minimum atomic E-state index is -0.363. The van der Waals surface area contributed by atoms with Gasteiger partial charge in [0.15, 0.2) is 0 Å². The second-order valence-electron chi connectivity index (χ2n) is 3.49. The molecule has 2 heteroatoms. The van der Waals surface area contributed by atoms with Crippen molar-refractivity contribution < 1.29 is 5.11 Å². The summed E-state index contributed by atoms with van der Waals surface area (Å²) in [7, 11) is 0. The van der Waals surface area contributed by atoms with Gasteiger partial charge in [-0.2, -0.15) is 0 Å². The minimum absolute atomic E-state index is 0.363. The van der Waals surface area contributed by atoms with E-state index in [1.807, 2.05) is 32.9 Å². The Bertz CT molecular complexity index is 284. The lowest BCUT2D eigenvalue weighted by atomic mass is 10.00. The number of aliphatic hydroxyl groups excluding tert-OH is 1. The summed E-state index contributed by atoms with van der Waals surface area (Å²) in [5, 5.41) is 9.63. The molecule has 0 aromatic heterocycles. The van der Waals surface area contributed by atoms with Crippen molar-refractivity contribution in [2.45, 2.75) is 33.3 Å². The summed E-state index contributed by atoms with van der Waals surface area (Å²) in [5.41, 5.74) is 9.69. The molecule has 1 aromatic rings. The van der Waals surface area contributed by atoms with Crippen molar-refractivity contribution >= 4 is 5.69 Å². The number of benzene rings is 1. The van der Waals surface area contributed by atoms with Crippen LogP contribution in [0.3, 0.4) is 0 Å². The maximum Gasteiger partial charge on any atom is 0.0787 e. The van der Waals surface area contributed by atoms with Gasteiger partial charge >= 0.3 is 0 Å². The van der Waals surface area contributed by atoms with Crippen LogP contribution in [0.5, 0.6) is 0 Å². The van der Waals surface area contributed by atoms with E-state index in [4.69, 9.17) is 5.73 Å². The van der Waals surface area contributed by atoms with Crippen LogP contribution in [-0.2, 0) is 0 Å². The lowest BCUT2D eigenvalue weighted by Gasteiger charge is -2.12. The van der Waals surface area contributed by atoms with E-state index in [-0.39, 0.29) is 6.10 Å². The van der Waals surface area contributed by atoms with E-state index in [2.05, 4.69) is 0 Å². The van der Waals surface area contributed by atoms with Crippen molar-refractivity contribution in [3.63, 3.8) is 0 Å². The first-order chi connectivity index (χ1) is 6.06. The Kier molecular flexibility index (Phi) is 2.94. The van der Waals surface area contributed by atoms with Gasteiger partial charge in [0.2, 0.25) is 0 Å². The number of hydrogen-bond acceptors (Lipinski definition) is 2. The van der Waals surface area contributed by atoms with Gasteiger partial charge in [-0.3, -0.25) is 0 Å². The summed E-state index contributed by atoms with van der Waals surface area (Å²) in [6.45, 7) is 5.90. The van der Waals surface area contributed by atoms with Gasteiger partial charge in [0.1, 0.15) is 0 Å². The Morgan fingerprint density at radius 3 is 2.15 bits per heavy atom. The molecule has 13 heavy (non-hydrogen) atoms. The predicted octanol–water partition coefficient (Wildman–Crippen LogP) is 2.33. The summed E-state index contributed by atoms with van der Waals surface area (Å²) < 4.78 is 0. The van der Waals surface area contributed by atoms with Crippen LogP contribution < -0.4 is 5.73 Å². The number of hydrogen-bond donors (Lipinski definition) is 2. The fourth-order valence-corrected chi connectivity index (χ4v) is 1.44. The zero-order chi connectivity index (χ0) is 10.0. The highest BCUT2D eigenvalue weighted by Crippen LogP contribution is 2.24. The van der Waals surface area contributed by atoms with Crippen molar-refractivity contribution in [2.24, 2.45) is 0 Å². The Balaban J connectivity index is 3.13. The van der Waals surface area contributed by atoms with Gasteiger partial charge in [0.25, 0.3) is 0 Å². The Morgan fingerprint density at radius 2 is 1.77 bits per heavy atom. The zero-order valence-electron chi connectivity index (χ0n) is 8.46. The van der Waals surface area contributed by atoms with Crippen LogP contribution in [0.4, 0.5) is 5.69 Å². The number of rotatable bonds is 2. The summed E-state index contributed by atoms with van der Waals surface area (Å²) in [6.07, 6.45) is 0.376. The van der Waals surface area contributed by atoms with Crippen LogP contribution in [0.25, 0.3) is 0 Å². The van der Waals surface area contributed by atoms with Gasteiger partial charge in [0.05, 0.1) is 6.10 Å². The maximum absolute atomic E-state index is 9.63. The molecule has 0 aliphatic carbocycles. The molecule has 1 atom stereocenters. The molecule has 1 aromatic carbocycles. The standard InChI is InChI=1S/C11H17NO/c1-4-10(13)9-5-7(2)11(12)8(3)6-9/h5-6,10,13H,4,12H2,1-3H3/t10-/m1/s1. The molecular formula is C11H17NO. The predicted molar refractivity (Wildman–Crippen MR) is 55.6 cm³/mol. The first-order valence-corrected chi connectivity index (χ1v) is 4.61. The molecule has 0 aliphatic heterocycles.